The Morgan fingerprint density at radius 1 is 0.957 bits per heavy atom. The number of aromatic nitrogens is 1. The fraction of sp³-hybridized carbons (Fsp3) is 0.219. The molecule has 1 saturated heterocycles. The highest BCUT2D eigenvalue weighted by molar-refractivity contribution is 8.00. The minimum atomic E-state index is -4.63. The Morgan fingerprint density at radius 2 is 1.66 bits per heavy atom. The summed E-state index contributed by atoms with van der Waals surface area (Å²) in [6, 6.07) is 15.1. The number of hydrogen-bond acceptors (Lipinski definition) is 8. The number of anilines is 2. The number of ether oxygens (including phenoxy) is 1. The van der Waals surface area contributed by atoms with Crippen molar-refractivity contribution in [1.29, 1.82) is 0 Å². The van der Waals surface area contributed by atoms with E-state index in [4.69, 9.17) is 4.74 Å². The van der Waals surface area contributed by atoms with Crippen LogP contribution in [0.15, 0.2) is 82.6 Å². The van der Waals surface area contributed by atoms with E-state index in [1.165, 1.54) is 54.6 Å². The molecule has 9 nitrogen and oxygen atoms in total. The summed E-state index contributed by atoms with van der Waals surface area (Å²) in [5, 5.41) is 1.59. The summed E-state index contributed by atoms with van der Waals surface area (Å²) in [5.74, 6) is -4.91. The van der Waals surface area contributed by atoms with E-state index in [1.807, 2.05) is 0 Å². The Bertz CT molecular complexity index is 1960. The van der Waals surface area contributed by atoms with Crippen LogP contribution in [0.25, 0.3) is 0 Å². The number of amides is 3. The first-order valence-corrected chi connectivity index (χ1v) is 15.8. The molecule has 6 rings (SSSR count). The van der Waals surface area contributed by atoms with Gasteiger partial charge < -0.3 is 10.1 Å². The molecule has 3 atom stereocenters. The SMILES string of the molecule is CCOC(=O)c1ccc(N2C(=O)C3Sc4c(sc(=O)n4CC(=O)Nc4cccc(C(F)(F)F)c4)[C@@H](c4ccc(F)cc4)C3C2=O)cc1. The van der Waals surface area contributed by atoms with Crippen LogP contribution in [0.3, 0.4) is 0 Å². The van der Waals surface area contributed by atoms with Crippen molar-refractivity contribution in [2.45, 2.75) is 35.8 Å². The summed E-state index contributed by atoms with van der Waals surface area (Å²) in [6.45, 7) is 1.24. The first-order valence-electron chi connectivity index (χ1n) is 14.1. The molecular weight excluding hydrogens is 662 g/mol. The van der Waals surface area contributed by atoms with Crippen LogP contribution in [-0.2, 0) is 31.8 Å². The van der Waals surface area contributed by atoms with Crippen molar-refractivity contribution in [3.05, 3.63) is 110 Å². The number of alkyl halides is 3. The summed E-state index contributed by atoms with van der Waals surface area (Å²) in [6.07, 6.45) is -4.63. The van der Waals surface area contributed by atoms with E-state index in [0.29, 0.717) is 10.4 Å². The van der Waals surface area contributed by atoms with Gasteiger partial charge >= 0.3 is 17.0 Å². The number of carbonyl (C=O) groups excluding carboxylic acids is 4. The van der Waals surface area contributed by atoms with E-state index in [2.05, 4.69) is 5.32 Å². The molecule has 15 heteroatoms. The summed E-state index contributed by atoms with van der Waals surface area (Å²) >= 11 is 1.71. The van der Waals surface area contributed by atoms with Gasteiger partial charge in [0.15, 0.2) is 0 Å². The number of esters is 1. The van der Waals surface area contributed by atoms with Gasteiger partial charge in [-0.1, -0.05) is 41.3 Å². The van der Waals surface area contributed by atoms with Crippen molar-refractivity contribution in [3.63, 3.8) is 0 Å². The molecule has 2 unspecified atom stereocenters. The van der Waals surface area contributed by atoms with Gasteiger partial charge in [0.2, 0.25) is 17.7 Å². The lowest BCUT2D eigenvalue weighted by Crippen LogP contribution is -2.33. The predicted octanol–water partition coefficient (Wildman–Crippen LogP) is 5.68. The quantitative estimate of drug-likeness (QED) is 0.151. The minimum absolute atomic E-state index is 0.125. The number of imide groups is 1. The molecule has 1 N–H and O–H groups in total. The first-order chi connectivity index (χ1) is 22.4. The van der Waals surface area contributed by atoms with E-state index < -0.39 is 69.8 Å². The van der Waals surface area contributed by atoms with Crippen LogP contribution in [-0.4, -0.2) is 40.1 Å². The van der Waals surface area contributed by atoms with Gasteiger partial charge in [-0.3, -0.25) is 23.7 Å². The highest BCUT2D eigenvalue weighted by Gasteiger charge is 2.56. The fourth-order valence-corrected chi connectivity index (χ4v) is 8.39. The van der Waals surface area contributed by atoms with Crippen molar-refractivity contribution in [1.82, 2.24) is 4.57 Å². The highest BCUT2D eigenvalue weighted by atomic mass is 32.2. The van der Waals surface area contributed by atoms with Crippen LogP contribution in [0.4, 0.5) is 28.9 Å². The largest absolute Gasteiger partial charge is 0.462 e. The average molecular weight is 686 g/mol. The van der Waals surface area contributed by atoms with Gasteiger partial charge in [-0.2, -0.15) is 13.2 Å². The van der Waals surface area contributed by atoms with Crippen LogP contribution >= 0.6 is 23.1 Å². The summed E-state index contributed by atoms with van der Waals surface area (Å²) in [5.41, 5.74) is -0.193. The van der Waals surface area contributed by atoms with E-state index in [0.717, 1.165) is 50.8 Å². The molecule has 3 amide bonds. The number of thiazole rings is 1. The number of thioether (sulfide) groups is 1. The standard InChI is InChI=1S/C32H23F4N3O6S2/c1-2-45-30(43)17-8-12-21(13-9-17)39-27(41)24-23(16-6-10-19(33)11-7-16)26-29(46-25(24)28(39)42)38(31(44)47-26)15-22(40)37-20-5-3-4-18(14-20)32(34,35)36/h3-14,23-25H,2,15H2,1H3,(H,37,40)/t23-,24?,25?/m0/s1. The average Bonchev–Trinajstić information content (AvgIpc) is 3.47. The number of carbonyl (C=O) groups is 4. The Labute approximate surface area is 272 Å². The third kappa shape index (κ3) is 6.07. The van der Waals surface area contributed by atoms with Crippen LogP contribution < -0.4 is 15.1 Å². The smallest absolute Gasteiger partial charge is 0.416 e. The second kappa shape index (κ2) is 12.4. The van der Waals surface area contributed by atoms with Crippen molar-refractivity contribution in [3.8, 4) is 0 Å². The second-order valence-corrected chi connectivity index (χ2v) is 12.7. The van der Waals surface area contributed by atoms with Crippen LogP contribution in [0.1, 0.15) is 39.2 Å². The van der Waals surface area contributed by atoms with Gasteiger partial charge in [-0.25, -0.2) is 14.1 Å². The maximum absolute atomic E-state index is 14.0. The number of rotatable bonds is 7. The van der Waals surface area contributed by atoms with Gasteiger partial charge in [0.25, 0.3) is 0 Å². The van der Waals surface area contributed by atoms with E-state index in [1.54, 1.807) is 6.92 Å². The van der Waals surface area contributed by atoms with Crippen molar-refractivity contribution < 1.29 is 41.5 Å². The molecule has 3 heterocycles. The molecule has 3 aromatic carbocycles. The molecule has 47 heavy (non-hydrogen) atoms. The highest BCUT2D eigenvalue weighted by Crippen LogP contribution is 2.54. The molecule has 0 bridgehead atoms. The maximum Gasteiger partial charge on any atom is 0.416 e. The third-order valence-electron chi connectivity index (χ3n) is 7.69. The molecule has 0 saturated carbocycles. The van der Waals surface area contributed by atoms with Gasteiger partial charge in [0.1, 0.15) is 17.6 Å². The Morgan fingerprint density at radius 3 is 2.32 bits per heavy atom. The zero-order valence-electron chi connectivity index (χ0n) is 24.2. The summed E-state index contributed by atoms with van der Waals surface area (Å²) in [7, 11) is 0. The lowest BCUT2D eigenvalue weighted by molar-refractivity contribution is -0.137. The Hall–Kier alpha value is -4.76. The number of benzene rings is 3. The number of fused-ring (bicyclic) bond motifs is 2. The number of halogens is 4. The van der Waals surface area contributed by atoms with Crippen molar-refractivity contribution >= 4 is 58.2 Å². The van der Waals surface area contributed by atoms with E-state index >= 15 is 0 Å². The monoisotopic (exact) mass is 685 g/mol. The molecule has 2 aliphatic heterocycles. The van der Waals surface area contributed by atoms with Crippen LogP contribution in [0, 0.1) is 11.7 Å². The fourth-order valence-electron chi connectivity index (χ4n) is 5.62. The predicted molar refractivity (Wildman–Crippen MR) is 165 cm³/mol. The van der Waals surface area contributed by atoms with Crippen LogP contribution in [0.5, 0.6) is 0 Å². The molecule has 4 aromatic rings. The molecule has 0 spiro atoms. The molecule has 2 aliphatic rings. The Balaban J connectivity index is 1.35. The first kappa shape index (κ1) is 32.2. The number of nitrogens with one attached hydrogen (secondary N) is 1. The van der Waals surface area contributed by atoms with Gasteiger partial charge in [0.05, 0.1) is 34.4 Å². The van der Waals surface area contributed by atoms with E-state index in [-0.39, 0.29) is 28.6 Å². The maximum atomic E-state index is 14.0. The lowest BCUT2D eigenvalue weighted by Gasteiger charge is -2.30. The van der Waals surface area contributed by atoms with Gasteiger partial charge in [-0.05, 0) is 67.1 Å². The van der Waals surface area contributed by atoms with Crippen LogP contribution in [0.2, 0.25) is 0 Å². The van der Waals surface area contributed by atoms with Crippen molar-refractivity contribution in [2.24, 2.45) is 5.92 Å². The molecule has 1 fully saturated rings. The van der Waals surface area contributed by atoms with E-state index in [9.17, 15) is 41.5 Å². The number of nitrogens with zero attached hydrogens (tertiary/aromatic N) is 2. The Kier molecular flexibility index (Phi) is 8.53. The zero-order chi connectivity index (χ0) is 33.6. The molecule has 1 aromatic heterocycles. The second-order valence-electron chi connectivity index (χ2n) is 10.6. The van der Waals surface area contributed by atoms with Gasteiger partial charge in [0, 0.05) is 16.5 Å². The lowest BCUT2D eigenvalue weighted by atomic mass is 9.83. The number of hydrogen-bond donors (Lipinski definition) is 1. The third-order valence-corrected chi connectivity index (χ3v) is 10.3. The topological polar surface area (TPSA) is 115 Å². The summed E-state index contributed by atoms with van der Waals surface area (Å²) < 4.78 is 59.6. The molecular formula is C32H23F4N3O6S2. The minimum Gasteiger partial charge on any atom is -0.462 e. The molecule has 0 aliphatic carbocycles. The zero-order valence-corrected chi connectivity index (χ0v) is 25.9. The molecule has 242 valence electrons. The normalized spacial score (nSPS) is 18.9. The molecule has 0 radical (unpaired) electrons. The van der Waals surface area contributed by atoms with Gasteiger partial charge in [-0.15, -0.1) is 0 Å². The van der Waals surface area contributed by atoms with Crippen molar-refractivity contribution in [2.75, 3.05) is 16.8 Å². The summed E-state index contributed by atoms with van der Waals surface area (Å²) in [4.78, 5) is 67.1.